The van der Waals surface area contributed by atoms with Crippen LogP contribution in [0.15, 0.2) is 18.2 Å². The van der Waals surface area contributed by atoms with Gasteiger partial charge in [0.2, 0.25) is 0 Å². The van der Waals surface area contributed by atoms with E-state index < -0.39 is 0 Å². The summed E-state index contributed by atoms with van der Waals surface area (Å²) in [6, 6.07) is 7.57. The Morgan fingerprint density at radius 2 is 2.16 bits per heavy atom. The van der Waals surface area contributed by atoms with Crippen molar-refractivity contribution in [2.24, 2.45) is 0 Å². The van der Waals surface area contributed by atoms with Gasteiger partial charge in [-0.2, -0.15) is 0 Å². The van der Waals surface area contributed by atoms with Gasteiger partial charge in [-0.25, -0.2) is 0 Å². The number of rotatable bonds is 1. The Bertz CT molecular complexity index is 488. The molecule has 3 aliphatic heterocycles. The van der Waals surface area contributed by atoms with Crippen molar-refractivity contribution in [1.82, 2.24) is 5.32 Å². The third-order valence-electron chi connectivity index (χ3n) is 5.13. The van der Waals surface area contributed by atoms with Crippen LogP contribution in [0.3, 0.4) is 0 Å². The molecule has 0 aliphatic carbocycles. The van der Waals surface area contributed by atoms with Crippen molar-refractivity contribution in [2.75, 3.05) is 31.6 Å². The lowest BCUT2D eigenvalue weighted by atomic mass is 9.90. The van der Waals surface area contributed by atoms with Crippen LogP contribution < -0.4 is 10.2 Å². The fraction of sp³-hybridized carbons (Fsp3) is 0.625. The smallest absolute Gasteiger partial charge is 0.0787 e. The third-order valence-corrected chi connectivity index (χ3v) is 5.13. The third kappa shape index (κ3) is 1.72. The number of nitrogens with one attached hydrogen (secondary N) is 1. The molecule has 0 radical (unpaired) electrons. The van der Waals surface area contributed by atoms with Gasteiger partial charge < -0.3 is 15.0 Å². The Kier molecular flexibility index (Phi) is 2.78. The minimum absolute atomic E-state index is 0.359. The van der Waals surface area contributed by atoms with Gasteiger partial charge in [0, 0.05) is 37.7 Å². The lowest BCUT2D eigenvalue weighted by Crippen LogP contribution is -2.44. The van der Waals surface area contributed by atoms with E-state index in [4.69, 9.17) is 4.74 Å². The van der Waals surface area contributed by atoms with Crippen LogP contribution in [-0.2, 0) is 11.2 Å². The van der Waals surface area contributed by atoms with Gasteiger partial charge >= 0.3 is 0 Å². The van der Waals surface area contributed by atoms with Crippen molar-refractivity contribution >= 4 is 5.69 Å². The largest absolute Gasteiger partial charge is 0.379 e. The molecule has 0 aromatic heterocycles. The molecule has 3 heteroatoms. The topological polar surface area (TPSA) is 24.5 Å². The van der Waals surface area contributed by atoms with Gasteiger partial charge in [0.1, 0.15) is 0 Å². The van der Waals surface area contributed by atoms with Crippen LogP contribution in [0.2, 0.25) is 0 Å². The van der Waals surface area contributed by atoms with Crippen LogP contribution >= 0.6 is 0 Å². The standard InChI is InChI=1S/C16H22N2O/c1-19-12-9-11-3-2-4-14-13-5-7-17-8-6-15(13)18(10-12)16(11)14/h2-4,12-13,15,17H,5-10H2,1H3. The molecule has 3 atom stereocenters. The molecule has 0 bridgehead atoms. The Morgan fingerprint density at radius 1 is 1.26 bits per heavy atom. The Labute approximate surface area is 114 Å². The zero-order valence-electron chi connectivity index (χ0n) is 11.6. The SMILES string of the molecule is COC1Cc2cccc3c2N(C1)C1CCNCCC31. The summed E-state index contributed by atoms with van der Waals surface area (Å²) in [5.41, 5.74) is 4.64. The van der Waals surface area contributed by atoms with Crippen molar-refractivity contribution in [3.05, 3.63) is 29.3 Å². The molecule has 4 rings (SSSR count). The Hall–Kier alpha value is -1.06. The van der Waals surface area contributed by atoms with E-state index in [1.165, 1.54) is 18.4 Å². The van der Waals surface area contributed by atoms with Crippen molar-refractivity contribution in [1.29, 1.82) is 0 Å². The van der Waals surface area contributed by atoms with Gasteiger partial charge in [-0.15, -0.1) is 0 Å². The van der Waals surface area contributed by atoms with Gasteiger partial charge in [0.15, 0.2) is 0 Å². The summed E-state index contributed by atoms with van der Waals surface area (Å²) in [7, 11) is 1.85. The molecule has 0 spiro atoms. The van der Waals surface area contributed by atoms with Gasteiger partial charge in [-0.3, -0.25) is 0 Å². The highest BCUT2D eigenvalue weighted by Gasteiger charge is 2.42. The number of para-hydroxylation sites is 1. The van der Waals surface area contributed by atoms with Crippen LogP contribution in [0.1, 0.15) is 29.9 Å². The fourth-order valence-corrected chi connectivity index (χ4v) is 4.27. The molecular weight excluding hydrogens is 236 g/mol. The number of benzene rings is 1. The van der Waals surface area contributed by atoms with Crippen molar-refractivity contribution in [3.63, 3.8) is 0 Å². The average Bonchev–Trinajstić information content (AvgIpc) is 2.64. The monoisotopic (exact) mass is 258 g/mol. The molecule has 3 aliphatic rings. The van der Waals surface area contributed by atoms with Crippen LogP contribution in [0.5, 0.6) is 0 Å². The summed E-state index contributed by atoms with van der Waals surface area (Å²) >= 11 is 0. The van der Waals surface area contributed by atoms with Crippen LogP contribution in [0.4, 0.5) is 5.69 Å². The molecule has 1 aromatic rings. The number of ether oxygens (including phenoxy) is 1. The molecule has 1 saturated heterocycles. The zero-order valence-corrected chi connectivity index (χ0v) is 11.6. The maximum atomic E-state index is 5.66. The van der Waals surface area contributed by atoms with Crippen molar-refractivity contribution < 1.29 is 4.74 Å². The average molecular weight is 258 g/mol. The second-order valence-corrected chi connectivity index (χ2v) is 6.07. The minimum atomic E-state index is 0.359. The molecule has 3 unspecified atom stereocenters. The molecule has 1 fully saturated rings. The van der Waals surface area contributed by atoms with Crippen LogP contribution in [-0.4, -0.2) is 38.9 Å². The van der Waals surface area contributed by atoms with Gasteiger partial charge in [0.25, 0.3) is 0 Å². The first-order valence-corrected chi connectivity index (χ1v) is 7.50. The molecule has 3 nitrogen and oxygen atoms in total. The molecule has 1 aromatic carbocycles. The highest BCUT2D eigenvalue weighted by molar-refractivity contribution is 5.68. The van der Waals surface area contributed by atoms with Crippen LogP contribution in [0.25, 0.3) is 0 Å². The number of nitrogens with zero attached hydrogens (tertiary/aromatic N) is 1. The van der Waals surface area contributed by atoms with E-state index in [1.807, 2.05) is 7.11 Å². The second-order valence-electron chi connectivity index (χ2n) is 6.07. The zero-order chi connectivity index (χ0) is 12.8. The lowest BCUT2D eigenvalue weighted by molar-refractivity contribution is 0.103. The number of hydrogen-bond donors (Lipinski definition) is 1. The van der Waals surface area contributed by atoms with Gasteiger partial charge in [-0.05, 0) is 37.1 Å². The Morgan fingerprint density at radius 3 is 3.05 bits per heavy atom. The summed E-state index contributed by atoms with van der Waals surface area (Å²) in [5, 5.41) is 3.55. The molecule has 0 saturated carbocycles. The van der Waals surface area contributed by atoms with E-state index in [0.29, 0.717) is 12.1 Å². The Balaban J connectivity index is 1.80. The van der Waals surface area contributed by atoms with E-state index in [0.717, 1.165) is 32.0 Å². The summed E-state index contributed by atoms with van der Waals surface area (Å²) in [6.07, 6.45) is 3.97. The molecular formula is C16H22N2O. The van der Waals surface area contributed by atoms with Gasteiger partial charge in [0.05, 0.1) is 6.10 Å². The highest BCUT2D eigenvalue weighted by atomic mass is 16.5. The molecule has 1 N–H and O–H groups in total. The normalized spacial score (nSPS) is 32.7. The molecule has 102 valence electrons. The van der Waals surface area contributed by atoms with E-state index >= 15 is 0 Å². The van der Waals surface area contributed by atoms with E-state index in [1.54, 1.807) is 11.3 Å². The van der Waals surface area contributed by atoms with E-state index in [9.17, 15) is 0 Å². The lowest BCUT2D eigenvalue weighted by Gasteiger charge is -2.37. The first-order valence-electron chi connectivity index (χ1n) is 7.50. The second kappa shape index (κ2) is 4.50. The number of anilines is 1. The van der Waals surface area contributed by atoms with E-state index in [-0.39, 0.29) is 0 Å². The summed E-state index contributed by atoms with van der Waals surface area (Å²) in [5.74, 6) is 0.723. The minimum Gasteiger partial charge on any atom is -0.379 e. The predicted molar refractivity (Wildman–Crippen MR) is 76.9 cm³/mol. The summed E-state index contributed by atoms with van der Waals surface area (Å²) < 4.78 is 5.66. The quantitative estimate of drug-likeness (QED) is 0.833. The highest BCUT2D eigenvalue weighted by Crippen LogP contribution is 2.48. The number of hydrogen-bond acceptors (Lipinski definition) is 3. The molecule has 19 heavy (non-hydrogen) atoms. The van der Waals surface area contributed by atoms with E-state index in [2.05, 4.69) is 28.4 Å². The van der Waals surface area contributed by atoms with Crippen LogP contribution in [0, 0.1) is 0 Å². The maximum Gasteiger partial charge on any atom is 0.0787 e. The first-order chi connectivity index (χ1) is 9.38. The van der Waals surface area contributed by atoms with Crippen molar-refractivity contribution in [3.8, 4) is 0 Å². The first kappa shape index (κ1) is 11.7. The maximum absolute atomic E-state index is 5.66. The fourth-order valence-electron chi connectivity index (χ4n) is 4.27. The van der Waals surface area contributed by atoms with Gasteiger partial charge in [-0.1, -0.05) is 18.2 Å². The molecule has 3 heterocycles. The number of fused-ring (bicyclic) bond motifs is 3. The predicted octanol–water partition coefficient (Wildman–Crippen LogP) is 1.91. The number of methoxy groups -OCH3 is 1. The van der Waals surface area contributed by atoms with Crippen molar-refractivity contribution in [2.45, 2.75) is 37.3 Å². The summed E-state index contributed by atoms with van der Waals surface area (Å²) in [6.45, 7) is 3.38. The summed E-state index contributed by atoms with van der Waals surface area (Å²) in [4.78, 5) is 2.65. The molecule has 0 amide bonds.